The molecule has 208 valence electrons. The SMILES string of the molecule is COC(=O)C[C@@H](COc1ccc(OC)cc1)[C@@H](C(=O)N(C)[C@H](C)[C@H](O)c1ccccc1)c1ccc(F)c(F)c1. The van der Waals surface area contributed by atoms with Crippen LogP contribution < -0.4 is 9.47 Å². The predicted octanol–water partition coefficient (Wildman–Crippen LogP) is 4.90. The monoisotopic (exact) mass is 541 g/mol. The fourth-order valence-electron chi connectivity index (χ4n) is 4.33. The van der Waals surface area contributed by atoms with E-state index >= 15 is 0 Å². The maximum atomic E-state index is 14.4. The van der Waals surface area contributed by atoms with Crippen LogP contribution in [-0.2, 0) is 14.3 Å². The van der Waals surface area contributed by atoms with E-state index in [0.717, 1.165) is 12.1 Å². The van der Waals surface area contributed by atoms with E-state index in [-0.39, 0.29) is 18.6 Å². The van der Waals surface area contributed by atoms with Gasteiger partial charge >= 0.3 is 5.97 Å². The van der Waals surface area contributed by atoms with Crippen molar-refractivity contribution in [1.82, 2.24) is 4.90 Å². The van der Waals surface area contributed by atoms with Crippen molar-refractivity contribution < 1.29 is 37.7 Å². The molecule has 0 heterocycles. The normalized spacial score (nSPS) is 14.0. The van der Waals surface area contributed by atoms with Crippen LogP contribution in [0.5, 0.6) is 11.5 Å². The van der Waals surface area contributed by atoms with Gasteiger partial charge in [0.2, 0.25) is 5.91 Å². The van der Waals surface area contributed by atoms with E-state index in [2.05, 4.69) is 0 Å². The largest absolute Gasteiger partial charge is 0.497 e. The van der Waals surface area contributed by atoms with Crippen LogP contribution in [0.4, 0.5) is 8.78 Å². The third-order valence-corrected chi connectivity index (χ3v) is 6.78. The number of esters is 1. The Morgan fingerprint density at radius 3 is 2.13 bits per heavy atom. The number of methoxy groups -OCH3 is 2. The molecule has 0 bridgehead atoms. The second-order valence-electron chi connectivity index (χ2n) is 9.22. The number of hydrogen-bond acceptors (Lipinski definition) is 6. The summed E-state index contributed by atoms with van der Waals surface area (Å²) in [5, 5.41) is 10.9. The molecule has 0 saturated heterocycles. The zero-order valence-electron chi connectivity index (χ0n) is 22.3. The summed E-state index contributed by atoms with van der Waals surface area (Å²) in [5.74, 6) is -4.15. The summed E-state index contributed by atoms with van der Waals surface area (Å²) in [6.45, 7) is 1.57. The van der Waals surface area contributed by atoms with Gasteiger partial charge in [0.05, 0.1) is 45.3 Å². The Morgan fingerprint density at radius 1 is 0.897 bits per heavy atom. The minimum absolute atomic E-state index is 0.111. The summed E-state index contributed by atoms with van der Waals surface area (Å²) >= 11 is 0. The van der Waals surface area contributed by atoms with Crippen LogP contribution in [0.2, 0.25) is 0 Å². The molecule has 3 aromatic rings. The molecular weight excluding hydrogens is 508 g/mol. The quantitative estimate of drug-likeness (QED) is 0.329. The van der Waals surface area contributed by atoms with Crippen molar-refractivity contribution in [2.75, 3.05) is 27.9 Å². The number of aliphatic hydroxyl groups excluding tert-OH is 1. The van der Waals surface area contributed by atoms with Crippen LogP contribution in [0.1, 0.15) is 36.5 Å². The van der Waals surface area contributed by atoms with Crippen LogP contribution in [0.3, 0.4) is 0 Å². The number of hydrogen-bond donors (Lipinski definition) is 1. The molecule has 0 saturated carbocycles. The molecule has 0 aliphatic carbocycles. The van der Waals surface area contributed by atoms with Crippen molar-refractivity contribution in [1.29, 1.82) is 0 Å². The zero-order valence-corrected chi connectivity index (χ0v) is 22.3. The van der Waals surface area contributed by atoms with Gasteiger partial charge in [0.15, 0.2) is 11.6 Å². The van der Waals surface area contributed by atoms with E-state index in [1.165, 1.54) is 32.2 Å². The number of nitrogens with zero attached hydrogens (tertiary/aromatic N) is 1. The molecular formula is C30H33F2NO6. The van der Waals surface area contributed by atoms with Crippen LogP contribution in [0.25, 0.3) is 0 Å². The van der Waals surface area contributed by atoms with Gasteiger partial charge in [0.1, 0.15) is 11.5 Å². The first-order valence-corrected chi connectivity index (χ1v) is 12.4. The second-order valence-corrected chi connectivity index (χ2v) is 9.22. The summed E-state index contributed by atoms with van der Waals surface area (Å²) in [5.41, 5.74) is 0.780. The molecule has 39 heavy (non-hydrogen) atoms. The van der Waals surface area contributed by atoms with Crippen molar-refractivity contribution in [3.63, 3.8) is 0 Å². The zero-order chi connectivity index (χ0) is 28.5. The average Bonchev–Trinajstić information content (AvgIpc) is 2.96. The summed E-state index contributed by atoms with van der Waals surface area (Å²) < 4.78 is 44.1. The standard InChI is InChI=1S/C30H33F2NO6/c1-19(29(35)20-8-6-5-7-9-20)33(2)30(36)28(21-10-15-25(31)26(32)16-21)22(17-27(34)38-4)18-39-24-13-11-23(37-3)12-14-24/h5-16,19,22,28-29,35H,17-18H2,1-4H3/t19-,22+,28+,29+/m1/s1. The molecule has 9 heteroatoms. The first kappa shape index (κ1) is 29.6. The first-order valence-electron chi connectivity index (χ1n) is 12.4. The van der Waals surface area contributed by atoms with Crippen LogP contribution in [0.15, 0.2) is 72.8 Å². The lowest BCUT2D eigenvalue weighted by Gasteiger charge is -2.35. The minimum atomic E-state index is -1.13. The number of carbonyl (C=O) groups is 2. The van der Waals surface area contributed by atoms with Gasteiger partial charge in [-0.15, -0.1) is 0 Å². The van der Waals surface area contributed by atoms with E-state index in [1.54, 1.807) is 55.5 Å². The molecule has 0 radical (unpaired) electrons. The maximum Gasteiger partial charge on any atom is 0.305 e. The van der Waals surface area contributed by atoms with Gasteiger partial charge in [-0.3, -0.25) is 9.59 Å². The molecule has 1 amide bonds. The number of ether oxygens (including phenoxy) is 3. The molecule has 0 aromatic heterocycles. The highest BCUT2D eigenvalue weighted by Gasteiger charge is 2.37. The molecule has 7 nitrogen and oxygen atoms in total. The Kier molecular flexibility index (Phi) is 10.4. The molecule has 0 aliphatic heterocycles. The molecule has 0 unspecified atom stereocenters. The van der Waals surface area contributed by atoms with Crippen molar-refractivity contribution in [3.05, 3.63) is 95.6 Å². The lowest BCUT2D eigenvalue weighted by Crippen LogP contribution is -2.44. The molecule has 0 aliphatic rings. The highest BCUT2D eigenvalue weighted by Crippen LogP contribution is 2.33. The van der Waals surface area contributed by atoms with E-state index < -0.39 is 47.5 Å². The Labute approximate surface area is 226 Å². The number of halogens is 2. The number of likely N-dealkylation sites (N-methyl/N-ethyl adjacent to an activating group) is 1. The van der Waals surface area contributed by atoms with Crippen molar-refractivity contribution >= 4 is 11.9 Å². The fourth-order valence-corrected chi connectivity index (χ4v) is 4.33. The molecule has 3 aromatic carbocycles. The third-order valence-electron chi connectivity index (χ3n) is 6.78. The van der Waals surface area contributed by atoms with Gasteiger partial charge in [-0.1, -0.05) is 36.4 Å². The smallest absolute Gasteiger partial charge is 0.305 e. The first-order chi connectivity index (χ1) is 18.7. The topological polar surface area (TPSA) is 85.3 Å². The Morgan fingerprint density at radius 2 is 1.54 bits per heavy atom. The van der Waals surface area contributed by atoms with Crippen LogP contribution in [0, 0.1) is 17.6 Å². The second kappa shape index (κ2) is 13.7. The number of benzene rings is 3. The summed E-state index contributed by atoms with van der Waals surface area (Å²) in [4.78, 5) is 27.7. The number of amides is 1. The molecule has 0 spiro atoms. The lowest BCUT2D eigenvalue weighted by molar-refractivity contribution is -0.143. The van der Waals surface area contributed by atoms with Gasteiger partial charge in [0, 0.05) is 13.0 Å². The third kappa shape index (κ3) is 7.54. The Balaban J connectivity index is 1.97. The number of aliphatic hydroxyl groups is 1. The van der Waals surface area contributed by atoms with Gasteiger partial charge in [-0.2, -0.15) is 0 Å². The summed E-state index contributed by atoms with van der Waals surface area (Å²) in [6, 6.07) is 18.1. The van der Waals surface area contributed by atoms with Crippen molar-refractivity contribution in [2.24, 2.45) is 5.92 Å². The van der Waals surface area contributed by atoms with Gasteiger partial charge in [-0.05, 0) is 54.4 Å². The maximum absolute atomic E-state index is 14.4. The molecule has 0 fully saturated rings. The van der Waals surface area contributed by atoms with Crippen LogP contribution in [-0.4, -0.2) is 55.8 Å². The molecule has 4 atom stereocenters. The molecule has 3 rings (SSSR count). The Hall–Kier alpha value is -3.98. The van der Waals surface area contributed by atoms with Crippen LogP contribution >= 0.6 is 0 Å². The summed E-state index contributed by atoms with van der Waals surface area (Å²) in [7, 11) is 4.28. The summed E-state index contributed by atoms with van der Waals surface area (Å²) in [6.07, 6.45) is -1.24. The van der Waals surface area contributed by atoms with E-state index in [4.69, 9.17) is 14.2 Å². The highest BCUT2D eigenvalue weighted by atomic mass is 19.2. The minimum Gasteiger partial charge on any atom is -0.497 e. The average molecular weight is 542 g/mol. The van der Waals surface area contributed by atoms with Crippen molar-refractivity contribution in [3.8, 4) is 11.5 Å². The van der Waals surface area contributed by atoms with E-state index in [9.17, 15) is 23.5 Å². The Bertz CT molecular complexity index is 1240. The lowest BCUT2D eigenvalue weighted by atomic mass is 9.82. The number of carbonyl (C=O) groups excluding carboxylic acids is 2. The van der Waals surface area contributed by atoms with Gasteiger partial charge in [0.25, 0.3) is 0 Å². The molecule has 1 N–H and O–H groups in total. The fraction of sp³-hybridized carbons (Fsp3) is 0.333. The predicted molar refractivity (Wildman–Crippen MR) is 141 cm³/mol. The highest BCUT2D eigenvalue weighted by molar-refractivity contribution is 5.85. The van der Waals surface area contributed by atoms with Crippen molar-refractivity contribution in [2.45, 2.75) is 31.4 Å². The van der Waals surface area contributed by atoms with Gasteiger partial charge in [-0.25, -0.2) is 8.78 Å². The van der Waals surface area contributed by atoms with E-state index in [1.807, 2.05) is 6.07 Å². The van der Waals surface area contributed by atoms with Gasteiger partial charge < -0.3 is 24.2 Å². The van der Waals surface area contributed by atoms with E-state index in [0.29, 0.717) is 17.1 Å². The number of rotatable bonds is 12.